The van der Waals surface area contributed by atoms with Crippen LogP contribution >= 0.6 is 11.3 Å². The van der Waals surface area contributed by atoms with E-state index in [1.54, 1.807) is 17.4 Å². The molecular weight excluding hydrogens is 431 g/mol. The van der Waals surface area contributed by atoms with E-state index in [1.807, 2.05) is 0 Å². The maximum Gasteiger partial charge on any atom is 0.573 e. The number of carbonyl (C=O) groups excluding carboxylic acids is 1. The highest BCUT2D eigenvalue weighted by molar-refractivity contribution is 7.18. The molecular formula is C21H20F3N3O3S. The van der Waals surface area contributed by atoms with Gasteiger partial charge in [-0.25, -0.2) is 4.98 Å². The van der Waals surface area contributed by atoms with Crippen LogP contribution in [0.3, 0.4) is 0 Å². The van der Waals surface area contributed by atoms with E-state index in [2.05, 4.69) is 15.0 Å². The fourth-order valence-electron chi connectivity index (χ4n) is 3.72. The van der Waals surface area contributed by atoms with E-state index >= 15 is 0 Å². The Morgan fingerprint density at radius 3 is 2.81 bits per heavy atom. The number of nitrogens with zero attached hydrogens (tertiary/aromatic N) is 2. The second kappa shape index (κ2) is 8.70. The molecule has 0 unspecified atom stereocenters. The largest absolute Gasteiger partial charge is 0.573 e. The van der Waals surface area contributed by atoms with Crippen molar-refractivity contribution in [2.45, 2.75) is 51.6 Å². The number of alkyl halides is 3. The second-order valence-electron chi connectivity index (χ2n) is 7.32. The Morgan fingerprint density at radius 2 is 2.00 bits per heavy atom. The van der Waals surface area contributed by atoms with Gasteiger partial charge in [-0.15, -0.1) is 24.5 Å². The van der Waals surface area contributed by atoms with Crippen molar-refractivity contribution in [2.24, 2.45) is 0 Å². The highest BCUT2D eigenvalue weighted by Gasteiger charge is 2.32. The van der Waals surface area contributed by atoms with Crippen molar-refractivity contribution in [3.8, 4) is 5.75 Å². The van der Waals surface area contributed by atoms with E-state index in [-0.39, 0.29) is 42.3 Å². The van der Waals surface area contributed by atoms with Gasteiger partial charge in [0, 0.05) is 30.0 Å². The van der Waals surface area contributed by atoms with Crippen LogP contribution in [0.4, 0.5) is 13.2 Å². The highest BCUT2D eigenvalue weighted by Crippen LogP contribution is 2.33. The van der Waals surface area contributed by atoms with Crippen LogP contribution in [-0.4, -0.2) is 21.8 Å². The molecule has 164 valence electrons. The van der Waals surface area contributed by atoms with Crippen LogP contribution in [-0.2, 0) is 30.7 Å². The van der Waals surface area contributed by atoms with Gasteiger partial charge >= 0.3 is 6.36 Å². The maximum atomic E-state index is 12.9. The summed E-state index contributed by atoms with van der Waals surface area (Å²) in [5.41, 5.74) is 1.14. The van der Waals surface area contributed by atoms with Gasteiger partial charge in [-0.2, -0.15) is 0 Å². The van der Waals surface area contributed by atoms with E-state index in [1.165, 1.54) is 34.0 Å². The van der Waals surface area contributed by atoms with E-state index in [0.29, 0.717) is 5.39 Å². The Balaban J connectivity index is 1.40. The summed E-state index contributed by atoms with van der Waals surface area (Å²) in [6.07, 6.45) is 0.649. The Kier molecular flexibility index (Phi) is 5.99. The third-order valence-corrected chi connectivity index (χ3v) is 6.40. The minimum absolute atomic E-state index is 0.00170. The fourth-order valence-corrected chi connectivity index (χ4v) is 4.94. The van der Waals surface area contributed by atoms with Crippen molar-refractivity contribution in [1.29, 1.82) is 0 Å². The molecule has 0 bridgehead atoms. The first-order valence-corrected chi connectivity index (χ1v) is 10.7. The van der Waals surface area contributed by atoms with E-state index in [0.717, 1.165) is 36.1 Å². The predicted molar refractivity (Wildman–Crippen MR) is 110 cm³/mol. The van der Waals surface area contributed by atoms with Gasteiger partial charge in [-0.1, -0.05) is 18.2 Å². The Morgan fingerprint density at radius 1 is 1.23 bits per heavy atom. The number of carbonyl (C=O) groups is 1. The molecule has 31 heavy (non-hydrogen) atoms. The van der Waals surface area contributed by atoms with Gasteiger partial charge in [0.15, 0.2) is 0 Å². The zero-order valence-electron chi connectivity index (χ0n) is 16.5. The first-order chi connectivity index (χ1) is 14.8. The van der Waals surface area contributed by atoms with Crippen LogP contribution in [0.2, 0.25) is 0 Å². The third kappa shape index (κ3) is 4.90. The number of amides is 1. The number of aryl methyl sites for hydroxylation is 3. The lowest BCUT2D eigenvalue weighted by Gasteiger charge is -2.14. The first kappa shape index (κ1) is 21.4. The zero-order chi connectivity index (χ0) is 22.0. The average molecular weight is 451 g/mol. The van der Waals surface area contributed by atoms with Crippen molar-refractivity contribution in [3.05, 3.63) is 57.0 Å². The van der Waals surface area contributed by atoms with Crippen molar-refractivity contribution >= 4 is 27.5 Å². The highest BCUT2D eigenvalue weighted by atomic mass is 32.1. The molecule has 0 saturated carbocycles. The molecule has 0 spiro atoms. The molecule has 0 aliphatic heterocycles. The number of aromatic nitrogens is 2. The lowest BCUT2D eigenvalue weighted by atomic mass is 9.97. The fraction of sp³-hybridized carbons (Fsp3) is 0.381. The summed E-state index contributed by atoms with van der Waals surface area (Å²) in [4.78, 5) is 31.5. The number of thiophene rings is 1. The van der Waals surface area contributed by atoms with Gasteiger partial charge in [0.1, 0.15) is 10.6 Å². The molecule has 2 heterocycles. The van der Waals surface area contributed by atoms with Crippen LogP contribution < -0.4 is 15.6 Å². The minimum atomic E-state index is -4.81. The first-order valence-electron chi connectivity index (χ1n) is 9.92. The second-order valence-corrected chi connectivity index (χ2v) is 8.40. The number of halogens is 3. The molecule has 1 N–H and O–H groups in total. The van der Waals surface area contributed by atoms with Crippen molar-refractivity contribution in [3.63, 3.8) is 0 Å². The Hall–Kier alpha value is -2.88. The number of hydrogen-bond acceptors (Lipinski definition) is 5. The SMILES string of the molecule is O=C(CCn1cnc2sc3c(c2c1=O)CCCC3)NCc1ccccc1OC(F)(F)F. The number of ether oxygens (including phenoxy) is 1. The Labute approximate surface area is 179 Å². The molecule has 0 atom stereocenters. The molecule has 1 aliphatic carbocycles. The molecule has 0 fully saturated rings. The number of rotatable bonds is 6. The minimum Gasteiger partial charge on any atom is -0.405 e. The van der Waals surface area contributed by atoms with Crippen LogP contribution in [0.5, 0.6) is 5.75 Å². The molecule has 2 aromatic heterocycles. The smallest absolute Gasteiger partial charge is 0.405 e. The predicted octanol–water partition coefficient (Wildman–Crippen LogP) is 3.94. The molecule has 1 aliphatic rings. The number of benzene rings is 1. The van der Waals surface area contributed by atoms with Crippen molar-refractivity contribution in [1.82, 2.24) is 14.9 Å². The van der Waals surface area contributed by atoms with Crippen LogP contribution in [0, 0.1) is 0 Å². The molecule has 0 saturated heterocycles. The molecule has 10 heteroatoms. The summed E-state index contributed by atoms with van der Waals surface area (Å²) in [6, 6.07) is 5.62. The van der Waals surface area contributed by atoms with E-state index in [4.69, 9.17) is 0 Å². The summed E-state index contributed by atoms with van der Waals surface area (Å²) >= 11 is 1.56. The number of nitrogens with one attached hydrogen (secondary N) is 1. The Bertz CT molecular complexity index is 1170. The van der Waals surface area contributed by atoms with Crippen LogP contribution in [0.1, 0.15) is 35.3 Å². The number of para-hydroxylation sites is 1. The van der Waals surface area contributed by atoms with Crippen LogP contribution in [0.25, 0.3) is 10.2 Å². The molecule has 0 radical (unpaired) electrons. The molecule has 4 rings (SSSR count). The molecule has 1 amide bonds. The summed E-state index contributed by atoms with van der Waals surface area (Å²) in [5.74, 6) is -0.746. The van der Waals surface area contributed by atoms with Gasteiger partial charge in [0.25, 0.3) is 5.56 Å². The summed E-state index contributed by atoms with van der Waals surface area (Å²) in [5, 5.41) is 3.23. The quantitative estimate of drug-likeness (QED) is 0.616. The normalized spacial score (nSPS) is 13.8. The summed E-state index contributed by atoms with van der Waals surface area (Å²) in [7, 11) is 0. The summed E-state index contributed by atoms with van der Waals surface area (Å²) < 4.78 is 42.9. The lowest BCUT2D eigenvalue weighted by Crippen LogP contribution is -2.28. The number of fused-ring (bicyclic) bond motifs is 3. The molecule has 1 aromatic carbocycles. The van der Waals surface area contributed by atoms with Gasteiger partial charge < -0.3 is 10.1 Å². The van der Waals surface area contributed by atoms with Gasteiger partial charge in [0.2, 0.25) is 5.91 Å². The average Bonchev–Trinajstić information content (AvgIpc) is 3.11. The topological polar surface area (TPSA) is 73.2 Å². The molecule has 3 aromatic rings. The lowest BCUT2D eigenvalue weighted by molar-refractivity contribution is -0.274. The maximum absolute atomic E-state index is 12.9. The molecule has 6 nitrogen and oxygen atoms in total. The third-order valence-electron chi connectivity index (χ3n) is 5.20. The van der Waals surface area contributed by atoms with E-state index < -0.39 is 6.36 Å². The summed E-state index contributed by atoms with van der Waals surface area (Å²) in [6.45, 7) is 0.0221. The van der Waals surface area contributed by atoms with Crippen molar-refractivity contribution < 1.29 is 22.7 Å². The standard InChI is InChI=1S/C21H20F3N3O3S/c22-21(23,24)30-15-7-3-1-5-13(15)11-25-17(28)9-10-27-12-26-19-18(20(27)29)14-6-2-4-8-16(14)31-19/h1,3,5,7,12H,2,4,6,8-11H2,(H,25,28). The monoisotopic (exact) mass is 451 g/mol. The van der Waals surface area contributed by atoms with Crippen molar-refractivity contribution in [2.75, 3.05) is 0 Å². The van der Waals surface area contributed by atoms with Gasteiger partial charge in [0.05, 0.1) is 11.7 Å². The van der Waals surface area contributed by atoms with Gasteiger partial charge in [-0.3, -0.25) is 14.2 Å². The van der Waals surface area contributed by atoms with Crippen LogP contribution in [0.15, 0.2) is 35.4 Å². The number of hydrogen-bond donors (Lipinski definition) is 1. The van der Waals surface area contributed by atoms with E-state index in [9.17, 15) is 22.8 Å². The zero-order valence-corrected chi connectivity index (χ0v) is 17.3. The van der Waals surface area contributed by atoms with Gasteiger partial charge in [-0.05, 0) is 37.3 Å².